The third-order valence-electron chi connectivity index (χ3n) is 3.55. The van der Waals surface area contributed by atoms with Gasteiger partial charge in [0.2, 0.25) is 0 Å². The van der Waals surface area contributed by atoms with Crippen LogP contribution >= 0.6 is 0 Å². The van der Waals surface area contributed by atoms with Crippen LogP contribution < -0.4 is 61.6 Å². The van der Waals surface area contributed by atoms with Crippen molar-refractivity contribution in [2.24, 2.45) is 11.8 Å². The van der Waals surface area contributed by atoms with E-state index in [0.717, 1.165) is 31.5 Å². The zero-order valence-corrected chi connectivity index (χ0v) is 15.3. The first kappa shape index (κ1) is 18.5. The van der Waals surface area contributed by atoms with Gasteiger partial charge in [0.25, 0.3) is 0 Å². The molecule has 1 aliphatic rings. The normalized spacial score (nSPS) is 26.8. The first-order valence-electron chi connectivity index (χ1n) is 6.66. The van der Waals surface area contributed by atoms with Crippen molar-refractivity contribution in [3.05, 3.63) is 18.5 Å². The van der Waals surface area contributed by atoms with Crippen molar-refractivity contribution in [1.29, 1.82) is 0 Å². The van der Waals surface area contributed by atoms with Crippen molar-refractivity contribution >= 4 is 12.4 Å². The molecule has 0 N–H and O–H groups in total. The van der Waals surface area contributed by atoms with Crippen LogP contribution in [-0.4, -0.2) is 18.1 Å². The number of hydrogen-bond donors (Lipinski definition) is 0. The summed E-state index contributed by atoms with van der Waals surface area (Å²) in [6.07, 6.45) is 5.15. The van der Waals surface area contributed by atoms with E-state index in [1.165, 1.54) is 6.20 Å². The summed E-state index contributed by atoms with van der Waals surface area (Å²) in [6, 6.07) is 1.05. The van der Waals surface area contributed by atoms with Gasteiger partial charge in [0.05, 0.1) is 12.3 Å². The molecule has 0 spiro atoms. The molecule has 0 aliphatic heterocycles. The van der Waals surface area contributed by atoms with Gasteiger partial charge in [-0.05, 0) is 37.2 Å². The predicted octanol–water partition coefficient (Wildman–Crippen LogP) is 0.343. The number of nitrogens with zero attached hydrogens (tertiary/aromatic N) is 1. The fourth-order valence-corrected chi connectivity index (χ4v) is 2.84. The summed E-state index contributed by atoms with van der Waals surface area (Å²) in [4.78, 5) is 3.63. The Bertz CT molecular complexity index is 434. The molecule has 1 heterocycles. The summed E-state index contributed by atoms with van der Waals surface area (Å²) in [5, 5.41) is 0. The minimum absolute atomic E-state index is 0. The molecule has 1 saturated carbocycles. The van der Waals surface area contributed by atoms with E-state index in [0.29, 0.717) is 11.8 Å². The smallest absolute Gasteiger partial charge is 0.489 e. The molecule has 0 saturated heterocycles. The zero-order chi connectivity index (χ0) is 14.0. The second kappa shape index (κ2) is 7.63. The topological polar surface area (TPSA) is 22.1 Å². The van der Waals surface area contributed by atoms with Gasteiger partial charge >= 0.3 is 58.4 Å². The molecule has 2 unspecified atom stereocenters. The minimum atomic E-state index is -5.02. The van der Waals surface area contributed by atoms with Crippen molar-refractivity contribution < 1.29 is 69.1 Å². The van der Waals surface area contributed by atoms with Crippen LogP contribution in [0.25, 0.3) is 0 Å². The maximum Gasteiger partial charge on any atom is 1.00 e. The van der Waals surface area contributed by atoms with Gasteiger partial charge in [-0.1, -0.05) is 19.3 Å². The molecule has 2 atom stereocenters. The Morgan fingerprint density at radius 3 is 2.25 bits per heavy atom. The number of halogens is 3. The Hall–Kier alpha value is 0.441. The summed E-state index contributed by atoms with van der Waals surface area (Å²) in [7, 11) is 0. The van der Waals surface area contributed by atoms with E-state index in [4.69, 9.17) is 4.74 Å². The van der Waals surface area contributed by atoms with E-state index in [1.807, 2.05) is 0 Å². The Balaban J connectivity index is 0.00000200. The largest absolute Gasteiger partial charge is 1.00 e. The van der Waals surface area contributed by atoms with Crippen molar-refractivity contribution in [3.63, 3.8) is 0 Å². The van der Waals surface area contributed by atoms with Gasteiger partial charge in [-0.25, -0.2) is 0 Å². The third-order valence-corrected chi connectivity index (χ3v) is 3.55. The van der Waals surface area contributed by atoms with Gasteiger partial charge in [0, 0.05) is 6.20 Å². The molecule has 20 heavy (non-hydrogen) atoms. The fourth-order valence-electron chi connectivity index (χ4n) is 2.84. The number of aromatic nitrogens is 1. The molecule has 7 heteroatoms. The molecule has 1 aromatic heterocycles. The van der Waals surface area contributed by atoms with Crippen molar-refractivity contribution in [3.8, 4) is 5.75 Å². The van der Waals surface area contributed by atoms with Crippen LogP contribution in [-0.2, 0) is 0 Å². The molecule has 0 radical (unpaired) electrons. The van der Waals surface area contributed by atoms with E-state index in [2.05, 4.69) is 18.8 Å². The molecule has 1 aromatic rings. The quantitative estimate of drug-likeness (QED) is 0.751. The van der Waals surface area contributed by atoms with Crippen molar-refractivity contribution in [2.75, 3.05) is 0 Å². The number of hydrogen-bond acceptors (Lipinski definition) is 2. The van der Waals surface area contributed by atoms with E-state index in [-0.39, 0.29) is 63.2 Å². The van der Waals surface area contributed by atoms with E-state index >= 15 is 0 Å². The Kier molecular flexibility index (Phi) is 7.05. The Morgan fingerprint density at radius 2 is 1.70 bits per heavy atom. The van der Waals surface area contributed by atoms with Crippen LogP contribution in [0.3, 0.4) is 0 Å². The SMILES string of the molecule is CC1CC(C)CC(Oc2cncc([B-](F)(F)F)c2)C1.[K+]. The average Bonchev–Trinajstić information content (AvgIpc) is 2.26. The molecule has 0 aromatic carbocycles. The molecule has 1 fully saturated rings. The van der Waals surface area contributed by atoms with Crippen molar-refractivity contribution in [2.45, 2.75) is 39.2 Å². The molecule has 2 nitrogen and oxygen atoms in total. The summed E-state index contributed by atoms with van der Waals surface area (Å²) < 4.78 is 43.6. The van der Waals surface area contributed by atoms with E-state index in [1.54, 1.807) is 0 Å². The van der Waals surface area contributed by atoms with E-state index in [9.17, 15) is 12.9 Å². The molecular formula is C13H18BF3KNO. The standard InChI is InChI=1S/C13H18BF3NO.K/c1-9-3-10(2)5-12(4-9)19-13-6-11(7-18-8-13)14(15,16)17;/h6-10,12H,3-5H2,1-2H3;/q-1;+1. The second-order valence-electron chi connectivity index (χ2n) is 5.69. The molecule has 106 valence electrons. The monoisotopic (exact) mass is 311 g/mol. The minimum Gasteiger partial charge on any atom is -0.489 e. The molecule has 2 rings (SSSR count). The van der Waals surface area contributed by atoms with Gasteiger partial charge in [-0.2, -0.15) is 0 Å². The number of pyridine rings is 1. The number of rotatable bonds is 3. The Morgan fingerprint density at radius 1 is 1.10 bits per heavy atom. The van der Waals surface area contributed by atoms with Crippen molar-refractivity contribution in [1.82, 2.24) is 4.98 Å². The summed E-state index contributed by atoms with van der Waals surface area (Å²) >= 11 is 0. The maximum atomic E-state index is 12.6. The van der Waals surface area contributed by atoms with Crippen LogP contribution in [0.4, 0.5) is 12.9 Å². The summed E-state index contributed by atoms with van der Waals surface area (Å²) in [5.74, 6) is 1.33. The van der Waals surface area contributed by atoms with Gasteiger partial charge in [0.1, 0.15) is 5.75 Å². The summed E-state index contributed by atoms with van der Waals surface area (Å²) in [6.45, 7) is -0.712. The molecular weight excluding hydrogens is 293 g/mol. The second-order valence-corrected chi connectivity index (χ2v) is 5.69. The average molecular weight is 311 g/mol. The van der Waals surface area contributed by atoms with Gasteiger partial charge in [-0.3, -0.25) is 4.98 Å². The van der Waals surface area contributed by atoms with E-state index < -0.39 is 12.4 Å². The first-order chi connectivity index (χ1) is 8.84. The third kappa shape index (κ3) is 5.33. The van der Waals surface area contributed by atoms with Gasteiger partial charge in [-0.15, -0.1) is 0 Å². The predicted molar refractivity (Wildman–Crippen MR) is 69.5 cm³/mol. The molecule has 0 bridgehead atoms. The fraction of sp³-hybridized carbons (Fsp3) is 0.615. The van der Waals surface area contributed by atoms with Crippen LogP contribution in [0.15, 0.2) is 18.5 Å². The zero-order valence-electron chi connectivity index (χ0n) is 12.2. The Labute approximate surface area is 160 Å². The van der Waals surface area contributed by atoms with Gasteiger partial charge in [0.15, 0.2) is 0 Å². The maximum absolute atomic E-state index is 12.6. The molecule has 1 aliphatic carbocycles. The van der Waals surface area contributed by atoms with Crippen LogP contribution in [0.1, 0.15) is 33.1 Å². The van der Waals surface area contributed by atoms with Gasteiger partial charge < -0.3 is 17.7 Å². The number of ether oxygens (including phenoxy) is 1. The summed E-state index contributed by atoms with van der Waals surface area (Å²) in [5.41, 5.74) is -0.700. The first-order valence-corrected chi connectivity index (χ1v) is 6.66. The molecule has 0 amide bonds. The van der Waals surface area contributed by atoms with Crippen LogP contribution in [0.2, 0.25) is 0 Å². The van der Waals surface area contributed by atoms with Crippen LogP contribution in [0, 0.1) is 11.8 Å². The van der Waals surface area contributed by atoms with Crippen LogP contribution in [0.5, 0.6) is 5.75 Å².